The molecular formula is C38H52O2. The zero-order valence-electron chi connectivity index (χ0n) is 26.1. The smallest absolute Gasteiger partial charge is 0.0723 e. The molecule has 0 saturated heterocycles. The molecule has 2 N–H and O–H groups in total. The van der Waals surface area contributed by atoms with Crippen LogP contribution < -0.4 is 0 Å². The minimum absolute atomic E-state index is 0.00759. The van der Waals surface area contributed by atoms with Crippen LogP contribution in [0.4, 0.5) is 0 Å². The molecular weight excluding hydrogens is 488 g/mol. The van der Waals surface area contributed by atoms with Crippen LogP contribution in [0.15, 0.2) is 130 Å². The monoisotopic (exact) mass is 540 g/mol. The molecule has 40 heavy (non-hydrogen) atoms. The first-order chi connectivity index (χ1) is 18.9. The first-order valence-corrected chi connectivity index (χ1v) is 14.7. The molecule has 0 aliphatic heterocycles. The molecule has 0 aromatic heterocycles. The summed E-state index contributed by atoms with van der Waals surface area (Å²) < 4.78 is 0. The Morgan fingerprint density at radius 2 is 1.27 bits per heavy atom. The predicted octanol–water partition coefficient (Wildman–Crippen LogP) is 9.77. The molecule has 0 fully saturated rings. The summed E-state index contributed by atoms with van der Waals surface area (Å²) in [4.78, 5) is 0. The van der Waals surface area contributed by atoms with Crippen LogP contribution in [-0.4, -0.2) is 22.4 Å². The van der Waals surface area contributed by atoms with Crippen molar-refractivity contribution in [1.82, 2.24) is 0 Å². The predicted molar refractivity (Wildman–Crippen MR) is 175 cm³/mol. The van der Waals surface area contributed by atoms with Crippen LogP contribution in [0.2, 0.25) is 0 Å². The van der Waals surface area contributed by atoms with Gasteiger partial charge >= 0.3 is 0 Å². The molecule has 2 heteroatoms. The molecule has 216 valence electrons. The molecule has 0 saturated carbocycles. The van der Waals surface area contributed by atoms with E-state index in [4.69, 9.17) is 0 Å². The van der Waals surface area contributed by atoms with Gasteiger partial charge in [-0.15, -0.1) is 0 Å². The van der Waals surface area contributed by atoms with Crippen LogP contribution in [0.5, 0.6) is 0 Å². The average molecular weight is 541 g/mol. The van der Waals surface area contributed by atoms with E-state index in [1.165, 1.54) is 39.0 Å². The molecule has 0 aromatic rings. The highest BCUT2D eigenvalue weighted by molar-refractivity contribution is 5.38. The van der Waals surface area contributed by atoms with Crippen molar-refractivity contribution >= 4 is 0 Å². The lowest BCUT2D eigenvalue weighted by molar-refractivity contribution is 0.116. The summed E-state index contributed by atoms with van der Waals surface area (Å²) in [5, 5.41) is 19.8. The van der Waals surface area contributed by atoms with Crippen LogP contribution >= 0.6 is 0 Å². The van der Waals surface area contributed by atoms with Gasteiger partial charge in [0.2, 0.25) is 0 Å². The van der Waals surface area contributed by atoms with Gasteiger partial charge in [-0.2, -0.15) is 0 Å². The van der Waals surface area contributed by atoms with Crippen molar-refractivity contribution in [2.75, 3.05) is 0 Å². The van der Waals surface area contributed by atoms with E-state index in [2.05, 4.69) is 140 Å². The van der Waals surface area contributed by atoms with Gasteiger partial charge in [0.15, 0.2) is 0 Å². The second-order valence-corrected chi connectivity index (χ2v) is 12.2. The Hall–Kier alpha value is -2.94. The Balaban J connectivity index is 1.86. The van der Waals surface area contributed by atoms with Crippen LogP contribution in [-0.2, 0) is 0 Å². The van der Waals surface area contributed by atoms with E-state index in [0.29, 0.717) is 5.92 Å². The zero-order chi connectivity index (χ0) is 29.7. The molecule has 2 rings (SSSR count). The van der Waals surface area contributed by atoms with E-state index in [9.17, 15) is 10.2 Å². The third-order valence-electron chi connectivity index (χ3n) is 7.66. The summed E-state index contributed by atoms with van der Waals surface area (Å²) in [5.74, 6) is 0.434. The molecule has 0 amide bonds. The summed E-state index contributed by atoms with van der Waals surface area (Å²) in [6.45, 7) is 17.1. The van der Waals surface area contributed by atoms with Crippen LogP contribution in [0.1, 0.15) is 81.1 Å². The van der Waals surface area contributed by atoms with Crippen molar-refractivity contribution < 1.29 is 10.2 Å². The van der Waals surface area contributed by atoms with Gasteiger partial charge in [-0.25, -0.2) is 0 Å². The van der Waals surface area contributed by atoms with E-state index in [1.54, 1.807) is 0 Å². The van der Waals surface area contributed by atoms with Crippen molar-refractivity contribution in [3.8, 4) is 0 Å². The SMILES string of the molecule is CC1=C[C@H](O)CC[C@H]1/C=C/C(C)=C/C=C/C(C)=C/C=C/C=C(C)/C=C/C=C(C)/C=C/C1=C(C)C[C@@H](O)CC1(C)C. The van der Waals surface area contributed by atoms with Gasteiger partial charge in [-0.05, 0) is 84.1 Å². The normalized spacial score (nSPS) is 25.9. The molecule has 0 heterocycles. The standard InChI is InChI=1S/C38H52O2/c1-28(15-11-17-30(3)19-21-34-22-23-35(39)25-32(34)5)13-9-10-14-29(2)16-12-18-31(4)20-24-37-33(6)26-36(40)27-38(37,7)8/h9-21,24-25,34-36,39-40H,22-23,26-27H2,1-8H3/b10-9+,15-11+,16-12+,21-19+,24-20+,28-13+,29-14+,30-17+,31-18+/t34-,35-,36-/m1/s1. The van der Waals surface area contributed by atoms with Gasteiger partial charge in [-0.3, -0.25) is 0 Å². The Bertz CT molecular complexity index is 1200. The number of allylic oxidation sites excluding steroid dienone is 20. The second-order valence-electron chi connectivity index (χ2n) is 12.2. The van der Waals surface area contributed by atoms with E-state index >= 15 is 0 Å². The molecule has 2 aliphatic carbocycles. The summed E-state index contributed by atoms with van der Waals surface area (Å²) in [6, 6.07) is 0. The maximum atomic E-state index is 10.1. The van der Waals surface area contributed by atoms with Gasteiger partial charge in [0.05, 0.1) is 12.2 Å². The van der Waals surface area contributed by atoms with Crippen molar-refractivity contribution in [3.05, 3.63) is 130 Å². The van der Waals surface area contributed by atoms with E-state index < -0.39 is 0 Å². The Morgan fingerprint density at radius 1 is 0.750 bits per heavy atom. The Labute approximate surface area is 244 Å². The topological polar surface area (TPSA) is 40.5 Å². The lowest BCUT2D eigenvalue weighted by Crippen LogP contribution is -2.28. The minimum atomic E-state index is -0.275. The molecule has 0 bridgehead atoms. The van der Waals surface area contributed by atoms with Gasteiger partial charge in [-0.1, -0.05) is 138 Å². The van der Waals surface area contributed by atoms with E-state index in [0.717, 1.165) is 25.7 Å². The van der Waals surface area contributed by atoms with Crippen LogP contribution in [0.25, 0.3) is 0 Å². The Kier molecular flexibility index (Phi) is 13.6. The molecule has 0 aromatic carbocycles. The molecule has 0 radical (unpaired) electrons. The summed E-state index contributed by atoms with van der Waals surface area (Å²) in [5.41, 5.74) is 8.71. The number of rotatable bonds is 10. The molecule has 0 unspecified atom stereocenters. The third kappa shape index (κ3) is 12.1. The quantitative estimate of drug-likeness (QED) is 0.214. The van der Waals surface area contributed by atoms with Crippen LogP contribution in [0.3, 0.4) is 0 Å². The highest BCUT2D eigenvalue weighted by Crippen LogP contribution is 2.41. The number of hydrogen-bond acceptors (Lipinski definition) is 2. The summed E-state index contributed by atoms with van der Waals surface area (Å²) in [6.07, 6.45) is 34.8. The maximum Gasteiger partial charge on any atom is 0.0723 e. The lowest BCUT2D eigenvalue weighted by atomic mass is 9.71. The minimum Gasteiger partial charge on any atom is -0.393 e. The fourth-order valence-corrected chi connectivity index (χ4v) is 5.34. The first-order valence-electron chi connectivity index (χ1n) is 14.7. The highest BCUT2D eigenvalue weighted by Gasteiger charge is 2.31. The third-order valence-corrected chi connectivity index (χ3v) is 7.66. The van der Waals surface area contributed by atoms with Crippen molar-refractivity contribution in [2.45, 2.75) is 93.3 Å². The number of aliphatic hydroxyl groups is 2. The largest absolute Gasteiger partial charge is 0.393 e. The van der Waals surface area contributed by atoms with Crippen molar-refractivity contribution in [1.29, 1.82) is 0 Å². The van der Waals surface area contributed by atoms with Gasteiger partial charge in [0.25, 0.3) is 0 Å². The van der Waals surface area contributed by atoms with Gasteiger partial charge in [0, 0.05) is 0 Å². The summed E-state index contributed by atoms with van der Waals surface area (Å²) in [7, 11) is 0. The molecule has 2 nitrogen and oxygen atoms in total. The molecule has 0 spiro atoms. The number of aliphatic hydroxyl groups excluding tert-OH is 2. The lowest BCUT2D eigenvalue weighted by Gasteiger charge is -2.35. The first kappa shape index (κ1) is 33.3. The Morgan fingerprint density at radius 3 is 1.82 bits per heavy atom. The van der Waals surface area contributed by atoms with Gasteiger partial charge < -0.3 is 10.2 Å². The fourth-order valence-electron chi connectivity index (χ4n) is 5.34. The van der Waals surface area contributed by atoms with Gasteiger partial charge in [0.1, 0.15) is 0 Å². The average Bonchev–Trinajstić information content (AvgIpc) is 2.85. The number of hydrogen-bond donors (Lipinski definition) is 2. The van der Waals surface area contributed by atoms with Crippen LogP contribution in [0, 0.1) is 11.3 Å². The van der Waals surface area contributed by atoms with Crippen molar-refractivity contribution in [2.24, 2.45) is 11.3 Å². The molecule has 2 aliphatic rings. The second kappa shape index (κ2) is 16.4. The summed E-state index contributed by atoms with van der Waals surface area (Å²) >= 11 is 0. The fraction of sp³-hybridized carbons (Fsp3) is 0.421. The van der Waals surface area contributed by atoms with E-state index in [-0.39, 0.29) is 17.6 Å². The highest BCUT2D eigenvalue weighted by atomic mass is 16.3. The maximum absolute atomic E-state index is 10.1. The van der Waals surface area contributed by atoms with Crippen molar-refractivity contribution in [3.63, 3.8) is 0 Å². The zero-order valence-corrected chi connectivity index (χ0v) is 26.1. The molecule has 3 atom stereocenters. The van der Waals surface area contributed by atoms with E-state index in [1.807, 2.05) is 6.08 Å².